The van der Waals surface area contributed by atoms with E-state index < -0.39 is 0 Å². The molecule has 22 heavy (non-hydrogen) atoms. The third-order valence-electron chi connectivity index (χ3n) is 4.72. The molecule has 1 aromatic carbocycles. The molecule has 0 bridgehead atoms. The number of carbonyl (C=O) groups excluding carboxylic acids is 2. The third kappa shape index (κ3) is 2.85. The van der Waals surface area contributed by atoms with Crippen molar-refractivity contribution >= 4 is 11.8 Å². The van der Waals surface area contributed by atoms with Crippen LogP contribution in [0.3, 0.4) is 0 Å². The van der Waals surface area contributed by atoms with Gasteiger partial charge in [0.25, 0.3) is 0 Å². The number of halogens is 1. The second kappa shape index (κ2) is 5.71. The highest BCUT2D eigenvalue weighted by molar-refractivity contribution is 5.90. The van der Waals surface area contributed by atoms with Gasteiger partial charge >= 0.3 is 0 Å². The summed E-state index contributed by atoms with van der Waals surface area (Å²) in [6, 6.07) is 5.78. The number of rotatable bonds is 4. The Morgan fingerprint density at radius 2 is 1.95 bits per heavy atom. The van der Waals surface area contributed by atoms with Gasteiger partial charge in [-0.1, -0.05) is 12.1 Å². The van der Waals surface area contributed by atoms with Crippen LogP contribution in [-0.4, -0.2) is 42.3 Å². The predicted molar refractivity (Wildman–Crippen MR) is 80.4 cm³/mol. The first-order chi connectivity index (χ1) is 10.5. The van der Waals surface area contributed by atoms with Crippen LogP contribution in [0.25, 0.3) is 0 Å². The summed E-state index contributed by atoms with van der Waals surface area (Å²) in [7, 11) is 3.52. The van der Waals surface area contributed by atoms with Gasteiger partial charge in [0.15, 0.2) is 0 Å². The Balaban J connectivity index is 1.82. The Kier molecular flexibility index (Phi) is 3.89. The number of amides is 2. The van der Waals surface area contributed by atoms with Gasteiger partial charge in [-0.3, -0.25) is 9.59 Å². The first-order valence-electron chi connectivity index (χ1n) is 7.73. The summed E-state index contributed by atoms with van der Waals surface area (Å²) in [4.78, 5) is 28.2. The van der Waals surface area contributed by atoms with Gasteiger partial charge in [0.1, 0.15) is 5.82 Å². The lowest BCUT2D eigenvalue weighted by molar-refractivity contribution is -0.135. The van der Waals surface area contributed by atoms with E-state index in [0.29, 0.717) is 5.92 Å². The third-order valence-corrected chi connectivity index (χ3v) is 4.72. The first-order valence-corrected chi connectivity index (χ1v) is 7.73. The lowest BCUT2D eigenvalue weighted by Crippen LogP contribution is -2.37. The van der Waals surface area contributed by atoms with Gasteiger partial charge in [0, 0.05) is 27.1 Å². The molecule has 2 aliphatic rings. The summed E-state index contributed by atoms with van der Waals surface area (Å²) < 4.78 is 13.1. The van der Waals surface area contributed by atoms with Crippen LogP contribution in [0.1, 0.15) is 30.9 Å². The molecule has 1 saturated carbocycles. The van der Waals surface area contributed by atoms with Crippen molar-refractivity contribution in [1.82, 2.24) is 9.80 Å². The summed E-state index contributed by atoms with van der Waals surface area (Å²) in [5.74, 6) is -0.101. The molecule has 2 amide bonds. The SMILES string of the molecule is CN(CC1CC1)C(=O)[C@H]1CC(=O)N(C)[C@@H]1c1ccc(F)cc1. The van der Waals surface area contributed by atoms with Crippen LogP contribution < -0.4 is 0 Å². The molecule has 0 radical (unpaired) electrons. The fourth-order valence-electron chi connectivity index (χ4n) is 3.27. The Bertz CT molecular complexity index is 583. The van der Waals surface area contributed by atoms with Gasteiger partial charge in [0.05, 0.1) is 12.0 Å². The van der Waals surface area contributed by atoms with E-state index in [4.69, 9.17) is 0 Å². The lowest BCUT2D eigenvalue weighted by atomic mass is 9.92. The second-order valence-corrected chi connectivity index (χ2v) is 6.47. The monoisotopic (exact) mass is 304 g/mol. The number of hydrogen-bond acceptors (Lipinski definition) is 2. The lowest BCUT2D eigenvalue weighted by Gasteiger charge is -2.28. The largest absolute Gasteiger partial charge is 0.345 e. The fourth-order valence-corrected chi connectivity index (χ4v) is 3.27. The summed E-state index contributed by atoms with van der Waals surface area (Å²) in [5, 5.41) is 0. The average molecular weight is 304 g/mol. The molecule has 0 N–H and O–H groups in total. The maximum Gasteiger partial charge on any atom is 0.228 e. The molecule has 3 rings (SSSR count). The zero-order valence-electron chi connectivity index (χ0n) is 13.0. The molecule has 1 aromatic rings. The van der Waals surface area contributed by atoms with Gasteiger partial charge in [-0.15, -0.1) is 0 Å². The smallest absolute Gasteiger partial charge is 0.228 e. The zero-order valence-corrected chi connectivity index (χ0v) is 13.0. The minimum absolute atomic E-state index is 0.0129. The summed E-state index contributed by atoms with van der Waals surface area (Å²) >= 11 is 0. The van der Waals surface area contributed by atoms with Crippen LogP contribution in [0.2, 0.25) is 0 Å². The minimum Gasteiger partial charge on any atom is -0.345 e. The first kappa shape index (κ1) is 15.0. The van der Waals surface area contributed by atoms with Crippen LogP contribution in [0, 0.1) is 17.7 Å². The quantitative estimate of drug-likeness (QED) is 0.856. The van der Waals surface area contributed by atoms with Crippen LogP contribution in [0.15, 0.2) is 24.3 Å². The molecule has 1 aliphatic heterocycles. The summed E-state index contributed by atoms with van der Waals surface area (Å²) in [5.41, 5.74) is 0.813. The van der Waals surface area contributed by atoms with Crippen LogP contribution in [0.5, 0.6) is 0 Å². The predicted octanol–water partition coefficient (Wildman–Crippen LogP) is 2.21. The van der Waals surface area contributed by atoms with Gasteiger partial charge < -0.3 is 9.80 Å². The highest BCUT2D eigenvalue weighted by Gasteiger charge is 2.44. The highest BCUT2D eigenvalue weighted by Crippen LogP contribution is 2.38. The summed E-state index contributed by atoms with van der Waals surface area (Å²) in [6.45, 7) is 0.767. The van der Waals surface area contributed by atoms with Crippen LogP contribution >= 0.6 is 0 Å². The Labute approximate surface area is 129 Å². The molecule has 1 aliphatic carbocycles. The van der Waals surface area contributed by atoms with Crippen molar-refractivity contribution < 1.29 is 14.0 Å². The van der Waals surface area contributed by atoms with Gasteiger partial charge in [-0.25, -0.2) is 4.39 Å². The van der Waals surface area contributed by atoms with Gasteiger partial charge in [0.2, 0.25) is 11.8 Å². The highest BCUT2D eigenvalue weighted by atomic mass is 19.1. The van der Waals surface area contributed by atoms with Crippen molar-refractivity contribution in [3.05, 3.63) is 35.6 Å². The second-order valence-electron chi connectivity index (χ2n) is 6.47. The number of hydrogen-bond donors (Lipinski definition) is 0. The van der Waals surface area contributed by atoms with E-state index in [2.05, 4.69) is 0 Å². The van der Waals surface area contributed by atoms with E-state index in [1.807, 2.05) is 7.05 Å². The van der Waals surface area contributed by atoms with E-state index in [1.165, 1.54) is 25.0 Å². The molecule has 4 nitrogen and oxygen atoms in total. The van der Waals surface area contributed by atoms with E-state index >= 15 is 0 Å². The zero-order chi connectivity index (χ0) is 15.9. The normalized spacial score (nSPS) is 24.7. The van der Waals surface area contributed by atoms with Crippen LogP contribution in [-0.2, 0) is 9.59 Å². The van der Waals surface area contributed by atoms with Crippen molar-refractivity contribution in [3.63, 3.8) is 0 Å². The number of nitrogens with zero attached hydrogens (tertiary/aromatic N) is 2. The Hall–Kier alpha value is -1.91. The molecule has 2 atom stereocenters. The maximum atomic E-state index is 13.1. The van der Waals surface area contributed by atoms with Gasteiger partial charge in [-0.05, 0) is 36.5 Å². The van der Waals surface area contributed by atoms with E-state index in [9.17, 15) is 14.0 Å². The number of carbonyl (C=O) groups is 2. The topological polar surface area (TPSA) is 40.6 Å². The minimum atomic E-state index is -0.383. The molecule has 0 unspecified atom stereocenters. The number of benzene rings is 1. The van der Waals surface area contributed by atoms with Crippen LogP contribution in [0.4, 0.5) is 4.39 Å². The number of likely N-dealkylation sites (tertiary alicyclic amines) is 1. The molecular weight excluding hydrogens is 283 g/mol. The standard InChI is InChI=1S/C17H21FN2O2/c1-19(10-11-3-4-11)17(22)14-9-15(21)20(2)16(14)12-5-7-13(18)8-6-12/h5-8,11,14,16H,3-4,9-10H2,1-2H3/t14-,16+/m0/s1. The van der Waals surface area contributed by atoms with Gasteiger partial charge in [-0.2, -0.15) is 0 Å². The molecule has 2 fully saturated rings. The van der Waals surface area contributed by atoms with Crippen molar-refractivity contribution in [3.8, 4) is 0 Å². The molecule has 1 heterocycles. The fraction of sp³-hybridized carbons (Fsp3) is 0.529. The molecule has 1 saturated heterocycles. The molecule has 0 aromatic heterocycles. The molecule has 118 valence electrons. The van der Waals surface area contributed by atoms with Crippen molar-refractivity contribution in [1.29, 1.82) is 0 Å². The van der Waals surface area contributed by atoms with E-state index in [-0.39, 0.29) is 36.0 Å². The average Bonchev–Trinajstić information content (AvgIpc) is 3.26. The molecule has 0 spiro atoms. The maximum absolute atomic E-state index is 13.1. The molecule has 5 heteroatoms. The van der Waals surface area contributed by atoms with Crippen molar-refractivity contribution in [2.24, 2.45) is 11.8 Å². The molecular formula is C17H21FN2O2. The summed E-state index contributed by atoms with van der Waals surface area (Å²) in [6.07, 6.45) is 2.59. The Morgan fingerprint density at radius 3 is 2.55 bits per heavy atom. The Morgan fingerprint density at radius 1 is 1.32 bits per heavy atom. The van der Waals surface area contributed by atoms with E-state index in [1.54, 1.807) is 29.0 Å². The van der Waals surface area contributed by atoms with Crippen molar-refractivity contribution in [2.75, 3.05) is 20.6 Å². The van der Waals surface area contributed by atoms with E-state index in [0.717, 1.165) is 12.1 Å². The van der Waals surface area contributed by atoms with Crippen molar-refractivity contribution in [2.45, 2.75) is 25.3 Å².